The quantitative estimate of drug-likeness (QED) is 0.609. The first-order chi connectivity index (χ1) is 10.6. The van der Waals surface area contributed by atoms with Crippen molar-refractivity contribution in [3.05, 3.63) is 50.1 Å². The zero-order valence-corrected chi connectivity index (χ0v) is 14.8. The van der Waals surface area contributed by atoms with Crippen molar-refractivity contribution < 1.29 is 9.53 Å². The highest BCUT2D eigenvalue weighted by molar-refractivity contribution is 9.11. The zero-order chi connectivity index (χ0) is 15.9. The molecule has 2 rings (SSSR count). The molecule has 0 atom stereocenters. The summed E-state index contributed by atoms with van der Waals surface area (Å²) >= 11 is 4.91. The monoisotopic (exact) mass is 380 g/mol. The Balaban J connectivity index is 1.82. The van der Waals surface area contributed by atoms with E-state index in [0.717, 1.165) is 20.6 Å². The number of benzene rings is 1. The van der Waals surface area contributed by atoms with Crippen LogP contribution in [0.5, 0.6) is 5.75 Å². The van der Waals surface area contributed by atoms with Crippen molar-refractivity contribution >= 4 is 39.4 Å². The van der Waals surface area contributed by atoms with Crippen LogP contribution in [0, 0.1) is 6.92 Å². The number of hydrazone groups is 1. The Morgan fingerprint density at radius 3 is 2.91 bits per heavy atom. The first kappa shape index (κ1) is 16.7. The summed E-state index contributed by atoms with van der Waals surface area (Å²) in [5, 5.41) is 3.90. The fourth-order valence-corrected chi connectivity index (χ4v) is 3.15. The van der Waals surface area contributed by atoms with Crippen LogP contribution in [0.4, 0.5) is 0 Å². The van der Waals surface area contributed by atoms with Gasteiger partial charge in [-0.05, 0) is 64.7 Å². The van der Waals surface area contributed by atoms with Crippen LogP contribution in [0.15, 0.2) is 39.2 Å². The summed E-state index contributed by atoms with van der Waals surface area (Å²) in [7, 11) is 0. The van der Waals surface area contributed by atoms with Crippen LogP contribution >= 0.6 is 27.3 Å². The minimum Gasteiger partial charge on any atom is -0.484 e. The van der Waals surface area contributed by atoms with E-state index in [1.54, 1.807) is 17.6 Å². The largest absolute Gasteiger partial charge is 0.484 e. The maximum Gasteiger partial charge on any atom is 0.277 e. The summed E-state index contributed by atoms with van der Waals surface area (Å²) in [5.74, 6) is 0.421. The summed E-state index contributed by atoms with van der Waals surface area (Å²) in [6.07, 6.45) is 2.54. The lowest BCUT2D eigenvalue weighted by Gasteiger charge is -2.08. The van der Waals surface area contributed by atoms with E-state index in [-0.39, 0.29) is 12.5 Å². The molecule has 1 amide bonds. The Morgan fingerprint density at radius 1 is 1.41 bits per heavy atom. The molecule has 0 aliphatic carbocycles. The highest BCUT2D eigenvalue weighted by Gasteiger charge is 2.03. The van der Waals surface area contributed by atoms with Gasteiger partial charge in [-0.25, -0.2) is 5.43 Å². The average molecular weight is 381 g/mol. The second-order valence-corrected chi connectivity index (χ2v) is 7.23. The molecule has 0 aliphatic heterocycles. The van der Waals surface area contributed by atoms with Crippen molar-refractivity contribution in [2.75, 3.05) is 6.61 Å². The molecule has 0 spiro atoms. The molecule has 0 fully saturated rings. The molecule has 0 saturated carbocycles. The van der Waals surface area contributed by atoms with Gasteiger partial charge in [0.05, 0.1) is 10.0 Å². The molecule has 1 aromatic carbocycles. The van der Waals surface area contributed by atoms with E-state index in [2.05, 4.69) is 39.4 Å². The Morgan fingerprint density at radius 2 is 2.23 bits per heavy atom. The standard InChI is InChI=1S/C16H17BrN2O2S/c1-3-12-6-11(2)7-13(8-12)21-10-16(20)19-18-9-14-4-5-15(17)22-14/h4-9H,3,10H2,1-2H3,(H,19,20)/b18-9+. The molecular weight excluding hydrogens is 364 g/mol. The molecule has 1 heterocycles. The predicted molar refractivity (Wildman–Crippen MR) is 93.8 cm³/mol. The lowest BCUT2D eigenvalue weighted by Crippen LogP contribution is -2.24. The van der Waals surface area contributed by atoms with Crippen molar-refractivity contribution in [2.24, 2.45) is 5.10 Å². The average Bonchev–Trinajstić information content (AvgIpc) is 2.90. The van der Waals surface area contributed by atoms with Gasteiger partial charge in [0, 0.05) is 4.88 Å². The third kappa shape index (κ3) is 5.27. The molecule has 2 aromatic rings. The van der Waals surface area contributed by atoms with Gasteiger partial charge in [0.15, 0.2) is 6.61 Å². The van der Waals surface area contributed by atoms with Gasteiger partial charge in [0.2, 0.25) is 0 Å². The Kier molecular flexibility index (Phi) is 6.15. The van der Waals surface area contributed by atoms with Crippen LogP contribution in [0.1, 0.15) is 22.9 Å². The number of ether oxygens (including phenoxy) is 1. The number of aryl methyl sites for hydroxylation is 2. The molecule has 22 heavy (non-hydrogen) atoms. The molecular formula is C16H17BrN2O2S. The normalized spacial score (nSPS) is 10.9. The van der Waals surface area contributed by atoms with Crippen molar-refractivity contribution in [3.63, 3.8) is 0 Å². The molecule has 0 unspecified atom stereocenters. The number of hydrogen-bond acceptors (Lipinski definition) is 4. The number of rotatable bonds is 6. The number of amides is 1. The van der Waals surface area contributed by atoms with Crippen LogP contribution in [0.2, 0.25) is 0 Å². The van der Waals surface area contributed by atoms with Crippen molar-refractivity contribution in [1.82, 2.24) is 5.43 Å². The summed E-state index contributed by atoms with van der Waals surface area (Å²) in [6, 6.07) is 9.82. The summed E-state index contributed by atoms with van der Waals surface area (Å²) in [6.45, 7) is 4.04. The van der Waals surface area contributed by atoms with Gasteiger partial charge in [-0.2, -0.15) is 5.10 Å². The lowest BCUT2D eigenvalue weighted by molar-refractivity contribution is -0.123. The number of nitrogens with zero attached hydrogens (tertiary/aromatic N) is 1. The van der Waals surface area contributed by atoms with E-state index in [9.17, 15) is 4.79 Å². The summed E-state index contributed by atoms with van der Waals surface area (Å²) < 4.78 is 6.53. The van der Waals surface area contributed by atoms with Gasteiger partial charge in [0.25, 0.3) is 5.91 Å². The number of hydrogen-bond donors (Lipinski definition) is 1. The molecule has 0 radical (unpaired) electrons. The van der Waals surface area contributed by atoms with Crippen LogP contribution < -0.4 is 10.2 Å². The highest BCUT2D eigenvalue weighted by atomic mass is 79.9. The molecule has 4 nitrogen and oxygen atoms in total. The second kappa shape index (κ2) is 8.10. The number of carbonyl (C=O) groups is 1. The fraction of sp³-hybridized carbons (Fsp3) is 0.250. The third-order valence-electron chi connectivity index (χ3n) is 2.86. The van der Waals surface area contributed by atoms with E-state index in [1.165, 1.54) is 5.56 Å². The Labute approximate surface area is 142 Å². The molecule has 6 heteroatoms. The Hall–Kier alpha value is -1.66. The van der Waals surface area contributed by atoms with Crippen LogP contribution in [0.25, 0.3) is 0 Å². The first-order valence-corrected chi connectivity index (χ1v) is 8.48. The molecule has 1 aromatic heterocycles. The van der Waals surface area contributed by atoms with E-state index in [0.29, 0.717) is 5.75 Å². The minimum absolute atomic E-state index is 0.0575. The molecule has 116 valence electrons. The van der Waals surface area contributed by atoms with Gasteiger partial charge in [-0.15, -0.1) is 11.3 Å². The number of thiophene rings is 1. The van der Waals surface area contributed by atoms with Crippen molar-refractivity contribution in [1.29, 1.82) is 0 Å². The molecule has 1 N–H and O–H groups in total. The van der Waals surface area contributed by atoms with E-state index < -0.39 is 0 Å². The minimum atomic E-state index is -0.286. The highest BCUT2D eigenvalue weighted by Crippen LogP contribution is 2.20. The van der Waals surface area contributed by atoms with Gasteiger partial charge in [-0.3, -0.25) is 4.79 Å². The molecule has 0 saturated heterocycles. The van der Waals surface area contributed by atoms with Crippen molar-refractivity contribution in [3.8, 4) is 5.75 Å². The van der Waals surface area contributed by atoms with E-state index in [1.807, 2.05) is 31.2 Å². The number of nitrogens with one attached hydrogen (secondary N) is 1. The Bertz CT molecular complexity index is 683. The van der Waals surface area contributed by atoms with Crippen molar-refractivity contribution in [2.45, 2.75) is 20.3 Å². The van der Waals surface area contributed by atoms with E-state index >= 15 is 0 Å². The van der Waals surface area contributed by atoms with Crippen LogP contribution in [0.3, 0.4) is 0 Å². The second-order valence-electron chi connectivity index (χ2n) is 4.73. The maximum absolute atomic E-state index is 11.7. The van der Waals surface area contributed by atoms with Gasteiger partial charge in [0.1, 0.15) is 5.75 Å². The maximum atomic E-state index is 11.7. The summed E-state index contributed by atoms with van der Waals surface area (Å²) in [4.78, 5) is 12.7. The lowest BCUT2D eigenvalue weighted by atomic mass is 10.1. The topological polar surface area (TPSA) is 50.7 Å². The molecule has 0 aliphatic rings. The zero-order valence-electron chi connectivity index (χ0n) is 12.4. The molecule has 0 bridgehead atoms. The predicted octanol–water partition coefficient (Wildman–Crippen LogP) is 3.91. The SMILES string of the molecule is CCc1cc(C)cc(OCC(=O)N/N=C/c2ccc(Br)s2)c1. The van der Waals surface area contributed by atoms with Crippen LogP contribution in [-0.4, -0.2) is 18.7 Å². The fourth-order valence-electron chi connectivity index (χ4n) is 1.86. The first-order valence-electron chi connectivity index (χ1n) is 6.87. The van der Waals surface area contributed by atoms with E-state index in [4.69, 9.17) is 4.74 Å². The third-order valence-corrected chi connectivity index (χ3v) is 4.42. The number of carbonyl (C=O) groups excluding carboxylic acids is 1. The summed E-state index contributed by atoms with van der Waals surface area (Å²) in [5.41, 5.74) is 4.76. The number of halogens is 1. The smallest absolute Gasteiger partial charge is 0.277 e. The van der Waals surface area contributed by atoms with Crippen LogP contribution in [-0.2, 0) is 11.2 Å². The van der Waals surface area contributed by atoms with Gasteiger partial charge in [-0.1, -0.05) is 13.0 Å². The van der Waals surface area contributed by atoms with Gasteiger partial charge < -0.3 is 4.74 Å². The van der Waals surface area contributed by atoms with Gasteiger partial charge >= 0.3 is 0 Å².